The van der Waals surface area contributed by atoms with Crippen molar-refractivity contribution in [3.63, 3.8) is 0 Å². The molecule has 0 radical (unpaired) electrons. The number of imide groups is 1. The molecule has 3 nitrogen and oxygen atoms in total. The third-order valence-corrected chi connectivity index (χ3v) is 3.81. The van der Waals surface area contributed by atoms with Gasteiger partial charge in [0.15, 0.2) is 0 Å². The number of rotatable bonds is 0. The van der Waals surface area contributed by atoms with Crippen molar-refractivity contribution in [2.24, 2.45) is 0 Å². The molecule has 0 saturated heterocycles. The largest absolute Gasteiger partial charge is 0.288 e. The molecule has 0 bridgehead atoms. The lowest BCUT2D eigenvalue weighted by atomic mass is 10.1. The molecule has 78 valence electrons. The van der Waals surface area contributed by atoms with E-state index in [9.17, 15) is 9.59 Å². The van der Waals surface area contributed by atoms with Crippen molar-refractivity contribution in [2.75, 3.05) is 0 Å². The normalized spacial score (nSPS) is 12.7. The van der Waals surface area contributed by atoms with Crippen LogP contribution in [0.4, 0.5) is 0 Å². The molecule has 0 unspecified atom stereocenters. The summed E-state index contributed by atoms with van der Waals surface area (Å²) < 4.78 is 1.38. The fourth-order valence-electron chi connectivity index (χ4n) is 1.19. The summed E-state index contributed by atoms with van der Waals surface area (Å²) in [6, 6.07) is 3.34. The van der Waals surface area contributed by atoms with Crippen molar-refractivity contribution in [1.29, 1.82) is 0 Å². The van der Waals surface area contributed by atoms with Gasteiger partial charge in [-0.2, -0.15) is 0 Å². The predicted octanol–water partition coefficient (Wildman–Crippen LogP) is 2.90. The molecule has 5 heteroatoms. The van der Waals surface area contributed by atoms with Gasteiger partial charge in [0, 0.05) is 8.95 Å². The monoisotopic (exact) mass is 331 g/mol. The van der Waals surface area contributed by atoms with Crippen LogP contribution in [-0.4, -0.2) is 11.8 Å². The van der Waals surface area contributed by atoms with Crippen LogP contribution in [0.25, 0.3) is 0 Å². The lowest BCUT2D eigenvalue weighted by Gasteiger charge is -1.99. The zero-order valence-electron chi connectivity index (χ0n) is 7.64. The van der Waals surface area contributed by atoms with Crippen LogP contribution in [-0.2, 0) is 0 Å². The minimum atomic E-state index is -0.354. The fraction of sp³-hybridized carbons (Fsp3) is 0. The van der Waals surface area contributed by atoms with Crippen molar-refractivity contribution in [3.05, 3.63) is 45.4 Å². The summed E-state index contributed by atoms with van der Waals surface area (Å²) in [6.45, 7) is 6.00. The zero-order valence-corrected chi connectivity index (χ0v) is 10.8. The molecule has 1 aromatic carbocycles. The second-order valence-corrected chi connectivity index (χ2v) is 4.21. The first-order valence-electron chi connectivity index (χ1n) is 3.95. The average molecular weight is 333 g/mol. The molecule has 1 aliphatic heterocycles. The van der Waals surface area contributed by atoms with Gasteiger partial charge in [-0.15, -0.1) is 13.2 Å². The first kappa shape index (κ1) is 12.1. The van der Waals surface area contributed by atoms with Gasteiger partial charge in [0.05, 0.1) is 11.1 Å². The number of carbonyl (C=O) groups excluding carboxylic acids is 2. The molecular formula is C10H7Br2NO2. The van der Waals surface area contributed by atoms with E-state index in [4.69, 9.17) is 0 Å². The van der Waals surface area contributed by atoms with Gasteiger partial charge in [-0.05, 0) is 44.0 Å². The molecule has 1 aromatic rings. The smallest absolute Gasteiger partial charge is 0.260 e. The number of carbonyl (C=O) groups is 2. The summed E-state index contributed by atoms with van der Waals surface area (Å²) in [4.78, 5) is 22.4. The zero-order chi connectivity index (χ0) is 11.6. The second kappa shape index (κ2) is 4.72. The van der Waals surface area contributed by atoms with E-state index in [-0.39, 0.29) is 11.8 Å². The van der Waals surface area contributed by atoms with Gasteiger partial charge in [-0.1, -0.05) is 0 Å². The maximum absolute atomic E-state index is 11.3. The van der Waals surface area contributed by atoms with Crippen LogP contribution >= 0.6 is 31.9 Å². The molecule has 1 heterocycles. The van der Waals surface area contributed by atoms with E-state index < -0.39 is 0 Å². The molecule has 1 N–H and O–H groups in total. The Morgan fingerprint density at radius 1 is 1.07 bits per heavy atom. The number of hydrogen-bond donors (Lipinski definition) is 1. The summed E-state index contributed by atoms with van der Waals surface area (Å²) in [5.41, 5.74) is 0.819. The SMILES string of the molecule is C=C.O=C1NC(=O)c2c1ccc(Br)c2Br. The van der Waals surface area contributed by atoms with E-state index in [1.807, 2.05) is 0 Å². The molecule has 0 fully saturated rings. The van der Waals surface area contributed by atoms with Gasteiger partial charge in [-0.25, -0.2) is 0 Å². The van der Waals surface area contributed by atoms with Crippen molar-refractivity contribution in [2.45, 2.75) is 0 Å². The fourth-order valence-corrected chi connectivity index (χ4v) is 2.05. The van der Waals surface area contributed by atoms with Crippen LogP contribution < -0.4 is 5.32 Å². The molecule has 1 aliphatic rings. The highest BCUT2D eigenvalue weighted by molar-refractivity contribution is 9.13. The van der Waals surface area contributed by atoms with Crippen LogP contribution in [0.1, 0.15) is 20.7 Å². The van der Waals surface area contributed by atoms with E-state index in [0.717, 1.165) is 4.47 Å². The lowest BCUT2D eigenvalue weighted by Crippen LogP contribution is -2.20. The third-order valence-electron chi connectivity index (χ3n) is 1.79. The first-order valence-corrected chi connectivity index (χ1v) is 5.53. The van der Waals surface area contributed by atoms with Crippen LogP contribution in [0.15, 0.2) is 34.2 Å². The van der Waals surface area contributed by atoms with Gasteiger partial charge in [0.1, 0.15) is 0 Å². The van der Waals surface area contributed by atoms with E-state index in [1.54, 1.807) is 12.1 Å². The predicted molar refractivity (Wildman–Crippen MR) is 64.9 cm³/mol. The topological polar surface area (TPSA) is 46.2 Å². The number of benzene rings is 1. The van der Waals surface area contributed by atoms with Gasteiger partial charge < -0.3 is 0 Å². The van der Waals surface area contributed by atoms with Crippen LogP contribution in [0.2, 0.25) is 0 Å². The Bertz CT molecular complexity index is 443. The van der Waals surface area contributed by atoms with Crippen molar-refractivity contribution in [3.8, 4) is 0 Å². The summed E-state index contributed by atoms with van der Waals surface area (Å²) in [5, 5.41) is 2.22. The Morgan fingerprint density at radius 3 is 2.27 bits per heavy atom. The maximum Gasteiger partial charge on any atom is 0.260 e. The molecule has 0 spiro atoms. The van der Waals surface area contributed by atoms with Gasteiger partial charge in [0.25, 0.3) is 11.8 Å². The molecule has 2 amide bonds. The molecule has 2 rings (SSSR count). The summed E-state index contributed by atoms with van der Waals surface area (Å²) >= 11 is 6.50. The number of halogens is 2. The highest BCUT2D eigenvalue weighted by atomic mass is 79.9. The maximum atomic E-state index is 11.3. The molecule has 0 saturated carbocycles. The third kappa shape index (κ3) is 2.03. The number of amides is 2. The Balaban J connectivity index is 0.000000531. The van der Waals surface area contributed by atoms with Crippen LogP contribution in [0.5, 0.6) is 0 Å². The number of hydrogen-bond acceptors (Lipinski definition) is 2. The minimum absolute atomic E-state index is 0.340. The standard InChI is InChI=1S/C8H3Br2NO2.C2H4/c9-4-2-1-3-5(6(4)10)8(13)11-7(3)12;1-2/h1-2H,(H,11,12,13);1-2H2. The van der Waals surface area contributed by atoms with Gasteiger partial charge >= 0.3 is 0 Å². The number of nitrogens with one attached hydrogen (secondary N) is 1. The van der Waals surface area contributed by atoms with E-state index in [0.29, 0.717) is 15.6 Å². The molecule has 0 aliphatic carbocycles. The van der Waals surface area contributed by atoms with E-state index in [1.165, 1.54) is 0 Å². The molecule has 0 atom stereocenters. The van der Waals surface area contributed by atoms with Crippen molar-refractivity contribution < 1.29 is 9.59 Å². The van der Waals surface area contributed by atoms with Gasteiger partial charge in [0.2, 0.25) is 0 Å². The highest BCUT2D eigenvalue weighted by Crippen LogP contribution is 2.31. The van der Waals surface area contributed by atoms with Crippen LogP contribution in [0, 0.1) is 0 Å². The van der Waals surface area contributed by atoms with Crippen LogP contribution in [0.3, 0.4) is 0 Å². The van der Waals surface area contributed by atoms with Crippen molar-refractivity contribution >= 4 is 43.7 Å². The molecular weight excluding hydrogens is 326 g/mol. The first-order chi connectivity index (χ1) is 7.11. The molecule has 15 heavy (non-hydrogen) atoms. The molecule has 0 aromatic heterocycles. The van der Waals surface area contributed by atoms with E-state index in [2.05, 4.69) is 50.3 Å². The average Bonchev–Trinajstić information content (AvgIpc) is 2.51. The summed E-state index contributed by atoms with van der Waals surface area (Å²) in [7, 11) is 0. The summed E-state index contributed by atoms with van der Waals surface area (Å²) in [6.07, 6.45) is 0. The van der Waals surface area contributed by atoms with Gasteiger partial charge in [-0.3, -0.25) is 14.9 Å². The lowest BCUT2D eigenvalue weighted by molar-refractivity contribution is 0.0879. The Labute approximate surface area is 104 Å². The minimum Gasteiger partial charge on any atom is -0.288 e. The number of fused-ring (bicyclic) bond motifs is 1. The van der Waals surface area contributed by atoms with Crippen molar-refractivity contribution in [1.82, 2.24) is 5.32 Å². The highest BCUT2D eigenvalue weighted by Gasteiger charge is 2.29. The second-order valence-electron chi connectivity index (χ2n) is 2.57. The Morgan fingerprint density at radius 2 is 1.67 bits per heavy atom. The Hall–Kier alpha value is -0.940. The quantitative estimate of drug-likeness (QED) is 0.586. The van der Waals surface area contributed by atoms with E-state index >= 15 is 0 Å². The summed E-state index contributed by atoms with van der Waals surface area (Å²) in [5.74, 6) is -0.693. The Kier molecular flexibility index (Phi) is 3.82.